The van der Waals surface area contributed by atoms with Gasteiger partial charge in [-0.1, -0.05) is 18.2 Å². The van der Waals surface area contributed by atoms with Gasteiger partial charge in [0, 0.05) is 56.0 Å². The Morgan fingerprint density at radius 1 is 1.14 bits per heavy atom. The third-order valence-electron chi connectivity index (χ3n) is 4.90. The molecule has 2 fully saturated rings. The molecule has 0 saturated carbocycles. The second kappa shape index (κ2) is 5.63. The minimum Gasteiger partial charge on any atom is -0.340 e. The van der Waals surface area contributed by atoms with Crippen LogP contribution in [0.3, 0.4) is 0 Å². The van der Waals surface area contributed by atoms with E-state index in [0.717, 1.165) is 45.0 Å². The van der Waals surface area contributed by atoms with E-state index >= 15 is 0 Å². The van der Waals surface area contributed by atoms with Crippen molar-refractivity contribution in [3.63, 3.8) is 0 Å². The third kappa shape index (κ3) is 2.47. The van der Waals surface area contributed by atoms with Crippen LogP contribution in [0.2, 0.25) is 0 Å². The van der Waals surface area contributed by atoms with Crippen molar-refractivity contribution in [1.29, 1.82) is 0 Å². The van der Waals surface area contributed by atoms with Gasteiger partial charge in [-0.05, 0) is 11.6 Å². The highest BCUT2D eigenvalue weighted by molar-refractivity contribution is 7.99. The molecule has 4 nitrogen and oxygen atoms in total. The topological polar surface area (TPSA) is 35.6 Å². The monoisotopic (exact) mass is 303 g/mol. The van der Waals surface area contributed by atoms with Crippen LogP contribution in [0.15, 0.2) is 29.2 Å². The minimum absolute atomic E-state index is 0.0723. The fraction of sp³-hybridized carbons (Fsp3) is 0.562. The average Bonchev–Trinajstić information content (AvgIpc) is 2.89. The lowest BCUT2D eigenvalue weighted by molar-refractivity contribution is -0.134. The highest BCUT2D eigenvalue weighted by atomic mass is 32.2. The van der Waals surface area contributed by atoms with E-state index in [4.69, 9.17) is 0 Å². The number of hydrogen-bond acceptors (Lipinski definition) is 4. The summed E-state index contributed by atoms with van der Waals surface area (Å²) in [5, 5.41) is 3.32. The average molecular weight is 303 g/mol. The third-order valence-corrected chi connectivity index (χ3v) is 6.08. The molecule has 112 valence electrons. The molecule has 0 bridgehead atoms. The molecule has 1 atom stereocenters. The van der Waals surface area contributed by atoms with E-state index in [2.05, 4.69) is 33.3 Å². The van der Waals surface area contributed by atoms with Crippen LogP contribution in [-0.2, 0) is 4.79 Å². The molecule has 3 aliphatic heterocycles. The van der Waals surface area contributed by atoms with E-state index in [1.165, 1.54) is 10.5 Å². The van der Waals surface area contributed by atoms with Crippen molar-refractivity contribution in [1.82, 2.24) is 15.1 Å². The Morgan fingerprint density at radius 2 is 1.90 bits per heavy atom. The van der Waals surface area contributed by atoms with Gasteiger partial charge in [-0.15, -0.1) is 11.8 Å². The maximum atomic E-state index is 12.8. The Kier molecular flexibility index (Phi) is 3.65. The van der Waals surface area contributed by atoms with Crippen LogP contribution < -0.4 is 5.32 Å². The molecular formula is C16H21N3OS. The second-order valence-corrected chi connectivity index (χ2v) is 7.14. The quantitative estimate of drug-likeness (QED) is 0.884. The van der Waals surface area contributed by atoms with E-state index in [9.17, 15) is 4.79 Å². The maximum Gasteiger partial charge on any atom is 0.231 e. The lowest BCUT2D eigenvalue weighted by Crippen LogP contribution is -2.62. The zero-order chi connectivity index (χ0) is 14.2. The van der Waals surface area contributed by atoms with Gasteiger partial charge in [0.15, 0.2) is 0 Å². The summed E-state index contributed by atoms with van der Waals surface area (Å²) in [4.78, 5) is 18.7. The van der Waals surface area contributed by atoms with Crippen LogP contribution in [0.4, 0.5) is 0 Å². The normalized spacial score (nSPS) is 26.5. The van der Waals surface area contributed by atoms with Crippen LogP contribution in [0, 0.1) is 0 Å². The van der Waals surface area contributed by atoms with Gasteiger partial charge in [0.2, 0.25) is 5.91 Å². The highest BCUT2D eigenvalue weighted by Crippen LogP contribution is 2.40. The van der Waals surface area contributed by atoms with Crippen molar-refractivity contribution in [2.24, 2.45) is 0 Å². The predicted molar refractivity (Wildman–Crippen MR) is 84.7 cm³/mol. The zero-order valence-corrected chi connectivity index (χ0v) is 12.9. The van der Waals surface area contributed by atoms with Crippen molar-refractivity contribution in [2.75, 3.05) is 45.0 Å². The van der Waals surface area contributed by atoms with Crippen molar-refractivity contribution >= 4 is 17.7 Å². The molecule has 1 aromatic rings. The Labute approximate surface area is 129 Å². The number of nitrogens with zero attached hydrogens (tertiary/aromatic N) is 2. The van der Waals surface area contributed by atoms with Crippen LogP contribution in [0.5, 0.6) is 0 Å². The molecule has 1 aromatic carbocycles. The molecule has 0 radical (unpaired) electrons. The molecule has 4 rings (SSSR count). The number of hydrogen-bond donors (Lipinski definition) is 1. The number of thioether (sulfide) groups is 1. The molecule has 3 heterocycles. The molecule has 3 aliphatic rings. The molecule has 1 amide bonds. The molecule has 21 heavy (non-hydrogen) atoms. The number of benzene rings is 1. The van der Waals surface area contributed by atoms with Gasteiger partial charge >= 0.3 is 0 Å². The first-order chi connectivity index (χ1) is 10.3. The lowest BCUT2D eigenvalue weighted by Gasteiger charge is -2.43. The standard InChI is InChI=1S/C16H21N3OS/c20-16(14-11-21-15-4-2-1-3-13(14)15)19-7-5-18(6-8-19)12-9-17-10-12/h1-4,12,14,17H,5-11H2. The van der Waals surface area contributed by atoms with Crippen LogP contribution in [-0.4, -0.2) is 66.8 Å². The molecule has 2 saturated heterocycles. The fourth-order valence-electron chi connectivity index (χ4n) is 3.43. The Bertz CT molecular complexity index is 538. The van der Waals surface area contributed by atoms with Gasteiger partial charge in [0.05, 0.1) is 5.92 Å². The summed E-state index contributed by atoms with van der Waals surface area (Å²) in [6, 6.07) is 9.06. The first-order valence-corrected chi connectivity index (χ1v) is 8.77. The molecule has 1 unspecified atom stereocenters. The number of rotatable bonds is 2. The zero-order valence-electron chi connectivity index (χ0n) is 12.1. The van der Waals surface area contributed by atoms with Gasteiger partial charge in [-0.2, -0.15) is 0 Å². The predicted octanol–water partition coefficient (Wildman–Crippen LogP) is 0.992. The van der Waals surface area contributed by atoms with Gasteiger partial charge in [0.25, 0.3) is 0 Å². The van der Waals surface area contributed by atoms with Crippen molar-refractivity contribution in [3.8, 4) is 0 Å². The van der Waals surface area contributed by atoms with E-state index in [1.807, 2.05) is 17.8 Å². The van der Waals surface area contributed by atoms with E-state index < -0.39 is 0 Å². The number of carbonyl (C=O) groups is 1. The summed E-state index contributed by atoms with van der Waals surface area (Å²) >= 11 is 1.82. The first-order valence-electron chi connectivity index (χ1n) is 7.78. The molecule has 0 spiro atoms. The summed E-state index contributed by atoms with van der Waals surface area (Å²) in [5.41, 5.74) is 1.23. The SMILES string of the molecule is O=C(C1CSc2ccccc21)N1CCN(C2CNC2)CC1. The van der Waals surface area contributed by atoms with Crippen molar-refractivity contribution < 1.29 is 4.79 Å². The van der Waals surface area contributed by atoms with Gasteiger partial charge < -0.3 is 10.2 Å². The first kappa shape index (κ1) is 13.6. The molecule has 1 N–H and O–H groups in total. The molecule has 0 aliphatic carbocycles. The Hall–Kier alpha value is -1.04. The Balaban J connectivity index is 1.40. The minimum atomic E-state index is 0.0723. The smallest absolute Gasteiger partial charge is 0.231 e. The molecular weight excluding hydrogens is 282 g/mol. The Morgan fingerprint density at radius 3 is 2.62 bits per heavy atom. The van der Waals surface area contributed by atoms with Crippen LogP contribution in [0.25, 0.3) is 0 Å². The van der Waals surface area contributed by atoms with E-state index in [-0.39, 0.29) is 5.92 Å². The number of carbonyl (C=O) groups excluding carboxylic acids is 1. The van der Waals surface area contributed by atoms with E-state index in [0.29, 0.717) is 11.9 Å². The second-order valence-electron chi connectivity index (χ2n) is 6.07. The maximum absolute atomic E-state index is 12.8. The van der Waals surface area contributed by atoms with Gasteiger partial charge in [-0.25, -0.2) is 0 Å². The summed E-state index contributed by atoms with van der Waals surface area (Å²) in [6.45, 7) is 6.05. The highest BCUT2D eigenvalue weighted by Gasteiger charge is 2.35. The summed E-state index contributed by atoms with van der Waals surface area (Å²) in [5.74, 6) is 1.31. The molecule has 0 aromatic heterocycles. The van der Waals surface area contributed by atoms with Crippen LogP contribution in [0.1, 0.15) is 11.5 Å². The van der Waals surface area contributed by atoms with E-state index in [1.54, 1.807) is 0 Å². The fourth-order valence-corrected chi connectivity index (χ4v) is 4.65. The number of amides is 1. The number of piperazine rings is 1. The largest absolute Gasteiger partial charge is 0.340 e. The number of nitrogens with one attached hydrogen (secondary N) is 1. The molecule has 5 heteroatoms. The van der Waals surface area contributed by atoms with Crippen molar-refractivity contribution in [2.45, 2.75) is 16.9 Å². The summed E-state index contributed by atoms with van der Waals surface area (Å²) in [7, 11) is 0. The van der Waals surface area contributed by atoms with Crippen LogP contribution >= 0.6 is 11.8 Å². The summed E-state index contributed by atoms with van der Waals surface area (Å²) < 4.78 is 0. The van der Waals surface area contributed by atoms with Gasteiger partial charge in [0.1, 0.15) is 0 Å². The van der Waals surface area contributed by atoms with Crippen molar-refractivity contribution in [3.05, 3.63) is 29.8 Å². The van der Waals surface area contributed by atoms with Gasteiger partial charge in [-0.3, -0.25) is 9.69 Å². The lowest BCUT2D eigenvalue weighted by atomic mass is 9.99. The summed E-state index contributed by atoms with van der Waals surface area (Å²) in [6.07, 6.45) is 0. The number of fused-ring (bicyclic) bond motifs is 1.